The Balaban J connectivity index is 5.01. The third-order valence-electron chi connectivity index (χ3n) is 2.30. The summed E-state index contributed by atoms with van der Waals surface area (Å²) in [5.41, 5.74) is -0.164. The smallest absolute Gasteiger partial charge is 0.459 e. The van der Waals surface area contributed by atoms with Crippen LogP contribution in [0.15, 0.2) is 12.2 Å². The quantitative estimate of drug-likeness (QED) is 0.297. The maximum Gasteiger partial charge on any atom is 0.460 e. The number of hydrogen-bond donors (Lipinski definition) is 0. The zero-order valence-electron chi connectivity index (χ0n) is 11.7. The van der Waals surface area contributed by atoms with E-state index in [0.717, 1.165) is 0 Å². The average molecular weight is 376 g/mol. The van der Waals surface area contributed by atoms with Gasteiger partial charge in [0.15, 0.2) is 0 Å². The molecule has 0 spiro atoms. The van der Waals surface area contributed by atoms with E-state index in [0.29, 0.717) is 0 Å². The molecule has 0 N–H and O–H groups in total. The Morgan fingerprint density at radius 3 is 1.62 bits per heavy atom. The van der Waals surface area contributed by atoms with Gasteiger partial charge in [0.1, 0.15) is 13.2 Å². The summed E-state index contributed by atoms with van der Waals surface area (Å²) in [5.74, 6) is -25.2. The number of carbonyl (C=O) groups excluding carboxylic acids is 2. The average Bonchev–Trinajstić information content (AvgIpc) is 2.40. The van der Waals surface area contributed by atoms with E-state index in [4.69, 9.17) is 0 Å². The van der Waals surface area contributed by atoms with E-state index in [1.54, 1.807) is 0 Å². The molecule has 0 bridgehead atoms. The maximum atomic E-state index is 13.0. The predicted octanol–water partition coefficient (Wildman–Crippen LogP) is 3.12. The third kappa shape index (κ3) is 4.12. The lowest BCUT2D eigenvalue weighted by atomic mass is 10.0. The Hall–Kier alpha value is -1.95. The molecular weight excluding hydrogens is 367 g/mol. The van der Waals surface area contributed by atoms with Crippen LogP contribution in [0.3, 0.4) is 0 Å². The van der Waals surface area contributed by atoms with Crippen LogP contribution < -0.4 is 0 Å². The predicted molar refractivity (Wildman–Crippen MR) is 57.6 cm³/mol. The summed E-state index contributed by atoms with van der Waals surface area (Å²) in [5, 5.41) is 0. The van der Waals surface area contributed by atoms with Gasteiger partial charge in [-0.25, -0.2) is 9.59 Å². The molecular formula is C11H9F9O4. The van der Waals surface area contributed by atoms with Crippen molar-refractivity contribution < 1.29 is 58.6 Å². The van der Waals surface area contributed by atoms with Crippen molar-refractivity contribution in [3.8, 4) is 0 Å². The van der Waals surface area contributed by atoms with Crippen LogP contribution in [0.4, 0.5) is 39.5 Å². The lowest BCUT2D eigenvalue weighted by molar-refractivity contribution is -0.390. The van der Waals surface area contributed by atoms with Gasteiger partial charge in [-0.05, 0) is 6.92 Å². The molecule has 0 aliphatic rings. The number of ether oxygens (including phenoxy) is 2. The highest BCUT2D eigenvalue weighted by atomic mass is 19.4. The summed E-state index contributed by atoms with van der Waals surface area (Å²) >= 11 is 0. The Bertz CT molecular complexity index is 510. The maximum absolute atomic E-state index is 13.0. The monoisotopic (exact) mass is 376 g/mol. The first-order valence-corrected chi connectivity index (χ1v) is 5.70. The Labute approximate surface area is 128 Å². The highest BCUT2D eigenvalue weighted by molar-refractivity contribution is 5.86. The second-order valence-corrected chi connectivity index (χ2v) is 4.27. The zero-order chi connectivity index (χ0) is 19.6. The fourth-order valence-corrected chi connectivity index (χ4v) is 0.986. The van der Waals surface area contributed by atoms with Crippen molar-refractivity contribution in [2.24, 2.45) is 0 Å². The molecule has 0 rings (SSSR count). The van der Waals surface area contributed by atoms with Crippen molar-refractivity contribution in [1.82, 2.24) is 0 Å². The number of hydrogen-bond acceptors (Lipinski definition) is 4. The van der Waals surface area contributed by atoms with E-state index in [1.807, 2.05) is 0 Å². The molecule has 0 saturated heterocycles. The van der Waals surface area contributed by atoms with Gasteiger partial charge in [0.05, 0.1) is 0 Å². The number of alkyl halides is 9. The van der Waals surface area contributed by atoms with Gasteiger partial charge < -0.3 is 9.47 Å². The summed E-state index contributed by atoms with van der Waals surface area (Å²) in [6, 6.07) is 0. The van der Waals surface area contributed by atoms with Crippen LogP contribution in [0.1, 0.15) is 6.92 Å². The standard InChI is InChI=1S/C11H9F9O4/c1-5(2)6(21)23-3-4-24-7(22)8(12,13)9(14,15)10(16,17)11(18,19)20/h1,3-4H2,2H3. The first-order valence-electron chi connectivity index (χ1n) is 5.70. The van der Waals surface area contributed by atoms with Gasteiger partial charge in [0.25, 0.3) is 0 Å². The molecule has 0 atom stereocenters. The molecule has 0 aliphatic heterocycles. The van der Waals surface area contributed by atoms with Crippen molar-refractivity contribution in [2.75, 3.05) is 13.2 Å². The van der Waals surface area contributed by atoms with Gasteiger partial charge in [-0.15, -0.1) is 0 Å². The summed E-state index contributed by atoms with van der Waals surface area (Å²) in [6.45, 7) is 2.03. The number of rotatable bonds is 7. The van der Waals surface area contributed by atoms with E-state index in [9.17, 15) is 49.1 Å². The van der Waals surface area contributed by atoms with Gasteiger partial charge in [-0.3, -0.25) is 0 Å². The van der Waals surface area contributed by atoms with E-state index >= 15 is 0 Å². The van der Waals surface area contributed by atoms with Crippen LogP contribution in [0.25, 0.3) is 0 Å². The lowest BCUT2D eigenvalue weighted by Gasteiger charge is -2.32. The molecule has 0 heterocycles. The molecule has 140 valence electrons. The fraction of sp³-hybridized carbons (Fsp3) is 0.636. The molecule has 0 amide bonds. The van der Waals surface area contributed by atoms with Crippen LogP contribution in [-0.4, -0.2) is 49.1 Å². The summed E-state index contributed by atoms with van der Waals surface area (Å²) in [7, 11) is 0. The van der Waals surface area contributed by atoms with Crippen LogP contribution in [0, 0.1) is 0 Å². The number of halogens is 9. The van der Waals surface area contributed by atoms with E-state index in [1.165, 1.54) is 6.92 Å². The number of esters is 2. The molecule has 0 saturated carbocycles. The van der Waals surface area contributed by atoms with Gasteiger partial charge >= 0.3 is 35.9 Å². The van der Waals surface area contributed by atoms with Crippen molar-refractivity contribution in [2.45, 2.75) is 30.9 Å². The molecule has 0 aromatic carbocycles. The van der Waals surface area contributed by atoms with Crippen molar-refractivity contribution in [3.63, 3.8) is 0 Å². The van der Waals surface area contributed by atoms with Gasteiger partial charge in [-0.1, -0.05) is 6.58 Å². The minimum absolute atomic E-state index is 0.164. The highest BCUT2D eigenvalue weighted by Gasteiger charge is 2.84. The minimum Gasteiger partial charge on any atom is -0.459 e. The fourth-order valence-electron chi connectivity index (χ4n) is 0.986. The van der Waals surface area contributed by atoms with Gasteiger partial charge in [0, 0.05) is 5.57 Å². The van der Waals surface area contributed by atoms with Crippen molar-refractivity contribution >= 4 is 11.9 Å². The molecule has 0 fully saturated rings. The summed E-state index contributed by atoms with van der Waals surface area (Å²) in [4.78, 5) is 21.6. The highest BCUT2D eigenvalue weighted by Crippen LogP contribution is 2.53. The molecule has 0 aromatic rings. The molecule has 0 unspecified atom stereocenters. The van der Waals surface area contributed by atoms with Crippen molar-refractivity contribution in [1.29, 1.82) is 0 Å². The van der Waals surface area contributed by atoms with Crippen molar-refractivity contribution in [3.05, 3.63) is 12.2 Å². The number of carbonyl (C=O) groups is 2. The first-order chi connectivity index (χ1) is 10.5. The van der Waals surface area contributed by atoms with E-state index in [-0.39, 0.29) is 5.57 Å². The van der Waals surface area contributed by atoms with Crippen LogP contribution in [0.2, 0.25) is 0 Å². The minimum atomic E-state index is -7.20. The SMILES string of the molecule is C=C(C)C(=O)OCCOC(=O)C(F)(F)C(F)(F)C(F)(F)C(F)(F)F. The van der Waals surface area contributed by atoms with Gasteiger partial charge in [-0.2, -0.15) is 39.5 Å². The molecule has 0 aromatic heterocycles. The molecule has 24 heavy (non-hydrogen) atoms. The largest absolute Gasteiger partial charge is 0.460 e. The van der Waals surface area contributed by atoms with E-state index in [2.05, 4.69) is 16.1 Å². The summed E-state index contributed by atoms with van der Waals surface area (Å²) in [6.07, 6.45) is -7.04. The summed E-state index contributed by atoms with van der Waals surface area (Å²) < 4.78 is 120. The van der Waals surface area contributed by atoms with Crippen LogP contribution >= 0.6 is 0 Å². The second kappa shape index (κ2) is 6.89. The Kier molecular flexibility index (Phi) is 6.33. The lowest BCUT2D eigenvalue weighted by Crippen LogP contribution is -2.63. The molecule has 0 radical (unpaired) electrons. The van der Waals surface area contributed by atoms with Crippen LogP contribution in [0.5, 0.6) is 0 Å². The third-order valence-corrected chi connectivity index (χ3v) is 2.30. The zero-order valence-corrected chi connectivity index (χ0v) is 11.7. The molecule has 4 nitrogen and oxygen atoms in total. The van der Waals surface area contributed by atoms with Gasteiger partial charge in [0.2, 0.25) is 0 Å². The Morgan fingerprint density at radius 2 is 1.25 bits per heavy atom. The van der Waals surface area contributed by atoms with E-state index < -0.39 is 49.1 Å². The second-order valence-electron chi connectivity index (χ2n) is 4.27. The topological polar surface area (TPSA) is 52.6 Å². The Morgan fingerprint density at radius 1 is 0.833 bits per heavy atom. The molecule has 13 heteroatoms. The van der Waals surface area contributed by atoms with Crippen LogP contribution in [-0.2, 0) is 19.1 Å². The molecule has 0 aliphatic carbocycles. The first kappa shape index (κ1) is 22.1. The normalized spacial score (nSPS) is 13.4.